The molecule has 0 radical (unpaired) electrons. The number of hydrogen-bond donors (Lipinski definition) is 0. The van der Waals surface area contributed by atoms with E-state index in [0.29, 0.717) is 10.8 Å². The first-order valence-electron chi connectivity index (χ1n) is 6.38. The van der Waals surface area contributed by atoms with Crippen LogP contribution in [0.25, 0.3) is 0 Å². The van der Waals surface area contributed by atoms with E-state index < -0.39 is 0 Å². The third-order valence-electron chi connectivity index (χ3n) is 5.02. The van der Waals surface area contributed by atoms with Crippen molar-refractivity contribution in [3.05, 3.63) is 30.3 Å². The van der Waals surface area contributed by atoms with Crippen LogP contribution in [0.1, 0.15) is 39.5 Å². The Labute approximate surface area is 103 Å². The summed E-state index contributed by atoms with van der Waals surface area (Å²) >= 11 is 2.11. The summed E-state index contributed by atoms with van der Waals surface area (Å²) in [5.41, 5.74) is 1.23. The first-order chi connectivity index (χ1) is 7.67. The van der Waals surface area contributed by atoms with Gasteiger partial charge in [-0.05, 0) is 35.8 Å². The van der Waals surface area contributed by atoms with Gasteiger partial charge in [-0.2, -0.15) is 0 Å². The maximum Gasteiger partial charge on any atom is 0.0213 e. The molecule has 0 amide bonds. The second-order valence-electron chi connectivity index (χ2n) is 5.85. The maximum absolute atomic E-state index is 2.51. The molecule has 0 aromatic heterocycles. The van der Waals surface area contributed by atoms with Crippen molar-refractivity contribution < 1.29 is 0 Å². The zero-order chi connectivity index (χ0) is 11.2. The van der Waals surface area contributed by atoms with Crippen LogP contribution >= 0.6 is 11.8 Å². The summed E-state index contributed by atoms with van der Waals surface area (Å²) in [6.45, 7) is 5.01. The Kier molecular flexibility index (Phi) is 2.36. The minimum absolute atomic E-state index is 0.617. The van der Waals surface area contributed by atoms with E-state index in [1.165, 1.54) is 30.6 Å². The van der Waals surface area contributed by atoms with Gasteiger partial charge in [-0.3, -0.25) is 0 Å². The summed E-state index contributed by atoms with van der Waals surface area (Å²) in [6.07, 6.45) is 5.76. The fourth-order valence-electron chi connectivity index (χ4n) is 3.62. The standard InChI is InChI=1S/C15H20S/c1-14-10-6-7-11-15(14,2)13(14)16-12-8-4-3-5-9-12/h3-5,8-9,13H,6-7,10-11H2,1-2H3. The Morgan fingerprint density at radius 3 is 2.12 bits per heavy atom. The Balaban J connectivity index is 1.78. The van der Waals surface area contributed by atoms with Crippen LogP contribution in [0.5, 0.6) is 0 Å². The fourth-order valence-corrected chi connectivity index (χ4v) is 5.43. The van der Waals surface area contributed by atoms with Gasteiger partial charge in [-0.25, -0.2) is 0 Å². The number of benzene rings is 1. The van der Waals surface area contributed by atoms with E-state index in [1.807, 2.05) is 0 Å². The number of rotatable bonds is 2. The average molecular weight is 232 g/mol. The molecule has 2 aliphatic carbocycles. The molecule has 3 rings (SSSR count). The van der Waals surface area contributed by atoms with E-state index in [0.717, 1.165) is 5.25 Å². The summed E-state index contributed by atoms with van der Waals surface area (Å²) in [6, 6.07) is 10.9. The molecular weight excluding hydrogens is 212 g/mol. The Bertz CT molecular complexity index is 368. The molecule has 0 spiro atoms. The molecule has 0 N–H and O–H groups in total. The lowest BCUT2D eigenvalue weighted by Gasteiger charge is -2.23. The van der Waals surface area contributed by atoms with Crippen LogP contribution in [0.4, 0.5) is 0 Å². The van der Waals surface area contributed by atoms with E-state index in [9.17, 15) is 0 Å². The minimum Gasteiger partial charge on any atom is -0.122 e. The molecule has 2 atom stereocenters. The summed E-state index contributed by atoms with van der Waals surface area (Å²) in [5, 5.41) is 0.852. The van der Waals surface area contributed by atoms with Gasteiger partial charge in [0.15, 0.2) is 0 Å². The molecule has 0 bridgehead atoms. The van der Waals surface area contributed by atoms with Crippen LogP contribution in [0.2, 0.25) is 0 Å². The van der Waals surface area contributed by atoms with Crippen molar-refractivity contribution >= 4 is 11.8 Å². The monoisotopic (exact) mass is 232 g/mol. The molecule has 0 heterocycles. The van der Waals surface area contributed by atoms with Crippen LogP contribution in [0.3, 0.4) is 0 Å². The quantitative estimate of drug-likeness (QED) is 0.709. The highest BCUT2D eigenvalue weighted by atomic mass is 32.2. The summed E-state index contributed by atoms with van der Waals surface area (Å²) in [5.74, 6) is 0. The molecule has 1 aromatic rings. The SMILES string of the molecule is CC12CCCCC1(C)C2Sc1ccccc1. The van der Waals surface area contributed by atoms with E-state index in [4.69, 9.17) is 0 Å². The molecule has 2 saturated carbocycles. The maximum atomic E-state index is 2.51. The second-order valence-corrected chi connectivity index (χ2v) is 7.03. The number of hydrogen-bond acceptors (Lipinski definition) is 1. The van der Waals surface area contributed by atoms with Crippen molar-refractivity contribution in [3.63, 3.8) is 0 Å². The van der Waals surface area contributed by atoms with Gasteiger partial charge in [0.2, 0.25) is 0 Å². The highest BCUT2D eigenvalue weighted by Gasteiger charge is 2.70. The van der Waals surface area contributed by atoms with E-state index in [-0.39, 0.29) is 0 Å². The van der Waals surface area contributed by atoms with Gasteiger partial charge in [-0.15, -0.1) is 11.8 Å². The molecule has 2 aliphatic rings. The van der Waals surface area contributed by atoms with Crippen LogP contribution in [-0.2, 0) is 0 Å². The molecule has 2 unspecified atom stereocenters. The predicted octanol–water partition coefficient (Wildman–Crippen LogP) is 4.75. The largest absolute Gasteiger partial charge is 0.122 e. The smallest absolute Gasteiger partial charge is 0.0213 e. The lowest BCUT2D eigenvalue weighted by Crippen LogP contribution is -2.12. The molecule has 1 aromatic carbocycles. The molecule has 16 heavy (non-hydrogen) atoms. The lowest BCUT2D eigenvalue weighted by atomic mass is 9.82. The molecule has 0 saturated heterocycles. The summed E-state index contributed by atoms with van der Waals surface area (Å²) in [7, 11) is 0. The van der Waals surface area contributed by atoms with Crippen LogP contribution < -0.4 is 0 Å². The Hall–Kier alpha value is -0.430. The molecule has 2 fully saturated rings. The van der Waals surface area contributed by atoms with E-state index in [2.05, 4.69) is 55.9 Å². The van der Waals surface area contributed by atoms with Crippen molar-refractivity contribution in [3.8, 4) is 0 Å². The highest BCUT2D eigenvalue weighted by Crippen LogP contribution is 2.75. The lowest BCUT2D eigenvalue weighted by molar-refractivity contribution is 0.277. The van der Waals surface area contributed by atoms with Gasteiger partial charge >= 0.3 is 0 Å². The zero-order valence-corrected chi connectivity index (χ0v) is 11.0. The second kappa shape index (κ2) is 3.53. The van der Waals surface area contributed by atoms with E-state index >= 15 is 0 Å². The van der Waals surface area contributed by atoms with Crippen molar-refractivity contribution in [2.45, 2.75) is 49.7 Å². The Morgan fingerprint density at radius 1 is 1.00 bits per heavy atom. The van der Waals surface area contributed by atoms with Gasteiger partial charge in [0, 0.05) is 10.1 Å². The third-order valence-corrected chi connectivity index (χ3v) is 6.84. The normalized spacial score (nSPS) is 41.5. The predicted molar refractivity (Wildman–Crippen MR) is 70.8 cm³/mol. The average Bonchev–Trinajstić information content (AvgIpc) is 2.78. The van der Waals surface area contributed by atoms with Crippen molar-refractivity contribution in [1.29, 1.82) is 0 Å². The fraction of sp³-hybridized carbons (Fsp3) is 0.600. The summed E-state index contributed by atoms with van der Waals surface area (Å²) in [4.78, 5) is 1.45. The van der Waals surface area contributed by atoms with Crippen LogP contribution in [0.15, 0.2) is 35.2 Å². The topological polar surface area (TPSA) is 0 Å². The minimum atomic E-state index is 0.617. The van der Waals surface area contributed by atoms with Gasteiger partial charge in [0.1, 0.15) is 0 Å². The zero-order valence-electron chi connectivity index (χ0n) is 10.2. The van der Waals surface area contributed by atoms with E-state index in [1.54, 1.807) is 0 Å². The third kappa shape index (κ3) is 1.37. The Morgan fingerprint density at radius 2 is 1.56 bits per heavy atom. The molecule has 86 valence electrons. The number of fused-ring (bicyclic) bond motifs is 1. The van der Waals surface area contributed by atoms with Crippen molar-refractivity contribution in [1.82, 2.24) is 0 Å². The van der Waals surface area contributed by atoms with Gasteiger partial charge < -0.3 is 0 Å². The highest BCUT2D eigenvalue weighted by molar-refractivity contribution is 8.00. The van der Waals surface area contributed by atoms with Gasteiger partial charge in [0.25, 0.3) is 0 Å². The molecule has 0 aliphatic heterocycles. The first kappa shape index (κ1) is 10.7. The van der Waals surface area contributed by atoms with Crippen molar-refractivity contribution in [2.24, 2.45) is 10.8 Å². The molecule has 0 nitrogen and oxygen atoms in total. The van der Waals surface area contributed by atoms with Crippen molar-refractivity contribution in [2.75, 3.05) is 0 Å². The first-order valence-corrected chi connectivity index (χ1v) is 7.26. The van der Waals surface area contributed by atoms with Crippen LogP contribution in [-0.4, -0.2) is 5.25 Å². The van der Waals surface area contributed by atoms with Gasteiger partial charge in [0.05, 0.1) is 0 Å². The van der Waals surface area contributed by atoms with Gasteiger partial charge in [-0.1, -0.05) is 44.9 Å². The summed E-state index contributed by atoms with van der Waals surface area (Å²) < 4.78 is 0. The molecule has 1 heteroatoms. The number of thioether (sulfide) groups is 1. The van der Waals surface area contributed by atoms with Crippen LogP contribution in [0, 0.1) is 10.8 Å². The molecular formula is C15H20S.